The third kappa shape index (κ3) is 3.25. The van der Waals surface area contributed by atoms with E-state index >= 15 is 0 Å². The van der Waals surface area contributed by atoms with Crippen LogP contribution in [0.3, 0.4) is 0 Å². The van der Waals surface area contributed by atoms with E-state index in [1.54, 1.807) is 19.1 Å². The molecule has 2 aromatic rings. The summed E-state index contributed by atoms with van der Waals surface area (Å²) in [5, 5.41) is 15.6. The van der Waals surface area contributed by atoms with E-state index in [1.165, 1.54) is 24.5 Å². The number of urea groups is 1. The van der Waals surface area contributed by atoms with Crippen molar-refractivity contribution in [1.29, 1.82) is 0 Å². The summed E-state index contributed by atoms with van der Waals surface area (Å²) in [6.07, 6.45) is 2.97. The Balaban J connectivity index is 2.11. The fourth-order valence-electron chi connectivity index (χ4n) is 1.48. The highest BCUT2D eigenvalue weighted by Gasteiger charge is 2.11. The number of anilines is 2. The van der Waals surface area contributed by atoms with Gasteiger partial charge in [-0.15, -0.1) is 0 Å². The highest BCUT2D eigenvalue weighted by Crippen LogP contribution is 2.21. The first-order valence-electron chi connectivity index (χ1n) is 5.66. The Morgan fingerprint density at radius 1 is 1.25 bits per heavy atom. The number of benzene rings is 1. The molecule has 0 bridgehead atoms. The second kappa shape index (κ2) is 5.74. The predicted octanol–water partition coefficient (Wildman–Crippen LogP) is 2.34. The highest BCUT2D eigenvalue weighted by molar-refractivity contribution is 5.99. The van der Waals surface area contributed by atoms with Gasteiger partial charge in [0.15, 0.2) is 0 Å². The van der Waals surface area contributed by atoms with Crippen LogP contribution in [0.1, 0.15) is 5.56 Å². The van der Waals surface area contributed by atoms with Crippen molar-refractivity contribution >= 4 is 23.4 Å². The zero-order valence-electron chi connectivity index (χ0n) is 10.5. The third-order valence-electron chi connectivity index (χ3n) is 2.47. The zero-order chi connectivity index (χ0) is 14.5. The minimum atomic E-state index is -0.570. The largest absolute Gasteiger partial charge is 0.326 e. The highest BCUT2D eigenvalue weighted by atomic mass is 16.6. The lowest BCUT2D eigenvalue weighted by atomic mass is 10.2. The molecule has 0 fully saturated rings. The standard InChI is InChI=1S/C12H11N5O3/c1-8-3-4-9(17(19)20)7-10(8)15-12(18)16-11-13-5-2-6-14-11/h2-7H,1H3,(H2,13,14,15,16,18). The van der Waals surface area contributed by atoms with E-state index in [9.17, 15) is 14.9 Å². The molecule has 1 heterocycles. The maximum Gasteiger partial charge on any atom is 0.326 e. The van der Waals surface area contributed by atoms with Crippen molar-refractivity contribution < 1.29 is 9.72 Å². The lowest BCUT2D eigenvalue weighted by Crippen LogP contribution is -2.21. The molecule has 0 unspecified atom stereocenters. The second-order valence-corrected chi connectivity index (χ2v) is 3.91. The van der Waals surface area contributed by atoms with Crippen LogP contribution in [0.4, 0.5) is 22.1 Å². The molecule has 0 atom stereocenters. The quantitative estimate of drug-likeness (QED) is 0.658. The Morgan fingerprint density at radius 3 is 2.60 bits per heavy atom. The molecule has 8 heteroatoms. The average Bonchev–Trinajstić information content (AvgIpc) is 2.42. The number of carbonyl (C=O) groups excluding carboxylic acids is 1. The van der Waals surface area contributed by atoms with Crippen molar-refractivity contribution in [3.8, 4) is 0 Å². The molecule has 0 aliphatic heterocycles. The normalized spacial score (nSPS) is 9.85. The number of nitro benzene ring substituents is 1. The average molecular weight is 273 g/mol. The van der Waals surface area contributed by atoms with Crippen molar-refractivity contribution in [1.82, 2.24) is 9.97 Å². The van der Waals surface area contributed by atoms with E-state index in [0.717, 1.165) is 0 Å². The second-order valence-electron chi connectivity index (χ2n) is 3.91. The van der Waals surface area contributed by atoms with Gasteiger partial charge in [0.05, 0.1) is 10.6 Å². The van der Waals surface area contributed by atoms with Crippen LogP contribution >= 0.6 is 0 Å². The topological polar surface area (TPSA) is 110 Å². The van der Waals surface area contributed by atoms with E-state index in [1.807, 2.05) is 0 Å². The van der Waals surface area contributed by atoms with Gasteiger partial charge in [-0.2, -0.15) is 0 Å². The minimum Gasteiger partial charge on any atom is -0.307 e. The number of nitrogens with zero attached hydrogens (tertiary/aromatic N) is 3. The van der Waals surface area contributed by atoms with Crippen molar-refractivity contribution in [3.63, 3.8) is 0 Å². The van der Waals surface area contributed by atoms with Crippen LogP contribution in [0.15, 0.2) is 36.7 Å². The summed E-state index contributed by atoms with van der Waals surface area (Å²) >= 11 is 0. The maximum atomic E-state index is 11.7. The molecule has 2 rings (SSSR count). The van der Waals surface area contributed by atoms with Gasteiger partial charge in [-0.3, -0.25) is 15.4 Å². The van der Waals surface area contributed by atoms with Crippen LogP contribution in [0.5, 0.6) is 0 Å². The molecule has 0 saturated heterocycles. The fourth-order valence-corrected chi connectivity index (χ4v) is 1.48. The molecule has 0 saturated carbocycles. The van der Waals surface area contributed by atoms with E-state index in [0.29, 0.717) is 11.3 Å². The van der Waals surface area contributed by atoms with Gasteiger partial charge in [0, 0.05) is 24.5 Å². The number of nitro groups is 1. The smallest absolute Gasteiger partial charge is 0.307 e. The van der Waals surface area contributed by atoms with Crippen molar-refractivity contribution in [2.75, 3.05) is 10.6 Å². The number of aryl methyl sites for hydroxylation is 1. The SMILES string of the molecule is Cc1ccc([N+](=O)[O-])cc1NC(=O)Nc1ncccn1. The molecule has 1 aromatic heterocycles. The molecule has 8 nitrogen and oxygen atoms in total. The molecule has 2 N–H and O–H groups in total. The molecular formula is C12H11N5O3. The van der Waals surface area contributed by atoms with Gasteiger partial charge < -0.3 is 5.32 Å². The predicted molar refractivity (Wildman–Crippen MR) is 72.5 cm³/mol. The summed E-state index contributed by atoms with van der Waals surface area (Å²) in [6.45, 7) is 1.73. The number of nitrogens with one attached hydrogen (secondary N) is 2. The van der Waals surface area contributed by atoms with Crippen LogP contribution in [0.25, 0.3) is 0 Å². The van der Waals surface area contributed by atoms with E-state index in [4.69, 9.17) is 0 Å². The van der Waals surface area contributed by atoms with E-state index in [-0.39, 0.29) is 11.6 Å². The molecule has 102 valence electrons. The van der Waals surface area contributed by atoms with Crippen LogP contribution < -0.4 is 10.6 Å². The van der Waals surface area contributed by atoms with Gasteiger partial charge in [0.2, 0.25) is 5.95 Å². The summed E-state index contributed by atoms with van der Waals surface area (Å²) in [7, 11) is 0. The van der Waals surface area contributed by atoms with Gasteiger partial charge in [-0.25, -0.2) is 14.8 Å². The Labute approximate surface area is 114 Å². The molecule has 20 heavy (non-hydrogen) atoms. The molecular weight excluding hydrogens is 262 g/mol. The fraction of sp³-hybridized carbons (Fsp3) is 0.0833. The monoisotopic (exact) mass is 273 g/mol. The molecule has 0 aliphatic carbocycles. The molecule has 2 amide bonds. The summed E-state index contributed by atoms with van der Waals surface area (Å²) in [5.41, 5.74) is 0.967. The Bertz CT molecular complexity index is 645. The molecule has 1 aromatic carbocycles. The number of amides is 2. The summed E-state index contributed by atoms with van der Waals surface area (Å²) < 4.78 is 0. The summed E-state index contributed by atoms with van der Waals surface area (Å²) in [5.74, 6) is 0.146. The summed E-state index contributed by atoms with van der Waals surface area (Å²) in [4.78, 5) is 29.6. The van der Waals surface area contributed by atoms with Gasteiger partial charge in [0.1, 0.15) is 0 Å². The Morgan fingerprint density at radius 2 is 1.95 bits per heavy atom. The van der Waals surface area contributed by atoms with Crippen LogP contribution in [0, 0.1) is 17.0 Å². The molecule has 0 radical (unpaired) electrons. The van der Waals surface area contributed by atoms with Gasteiger partial charge in [0.25, 0.3) is 5.69 Å². The zero-order valence-corrected chi connectivity index (χ0v) is 10.5. The Hall–Kier alpha value is -3.03. The maximum absolute atomic E-state index is 11.7. The molecule has 0 spiro atoms. The van der Waals surface area contributed by atoms with Crippen LogP contribution in [-0.2, 0) is 0 Å². The Kier molecular flexibility index (Phi) is 3.85. The van der Waals surface area contributed by atoms with Crippen molar-refractivity contribution in [2.24, 2.45) is 0 Å². The third-order valence-corrected chi connectivity index (χ3v) is 2.47. The number of aromatic nitrogens is 2. The number of hydrogen-bond acceptors (Lipinski definition) is 5. The first-order chi connectivity index (χ1) is 9.56. The van der Waals surface area contributed by atoms with Gasteiger partial charge in [-0.05, 0) is 18.6 Å². The minimum absolute atomic E-state index is 0.0955. The van der Waals surface area contributed by atoms with E-state index < -0.39 is 11.0 Å². The first kappa shape index (κ1) is 13.4. The lowest BCUT2D eigenvalue weighted by Gasteiger charge is -2.08. The van der Waals surface area contributed by atoms with Crippen molar-refractivity contribution in [2.45, 2.75) is 6.92 Å². The number of rotatable bonds is 3. The van der Waals surface area contributed by atoms with Crippen LogP contribution in [0.2, 0.25) is 0 Å². The number of carbonyl (C=O) groups is 1. The summed E-state index contributed by atoms with van der Waals surface area (Å²) in [6, 6.07) is 5.28. The number of hydrogen-bond donors (Lipinski definition) is 2. The molecule has 0 aliphatic rings. The number of non-ortho nitro benzene ring substituents is 1. The van der Waals surface area contributed by atoms with E-state index in [2.05, 4.69) is 20.6 Å². The van der Waals surface area contributed by atoms with Gasteiger partial charge >= 0.3 is 6.03 Å². The van der Waals surface area contributed by atoms with Crippen LogP contribution in [-0.4, -0.2) is 20.9 Å². The van der Waals surface area contributed by atoms with Gasteiger partial charge in [-0.1, -0.05) is 6.07 Å². The lowest BCUT2D eigenvalue weighted by molar-refractivity contribution is -0.384. The van der Waals surface area contributed by atoms with Crippen molar-refractivity contribution in [3.05, 3.63) is 52.3 Å². The first-order valence-corrected chi connectivity index (χ1v) is 5.66.